The van der Waals surface area contributed by atoms with Crippen molar-refractivity contribution in [3.05, 3.63) is 0 Å². The van der Waals surface area contributed by atoms with Crippen LogP contribution in [0, 0.1) is 5.92 Å². The summed E-state index contributed by atoms with van der Waals surface area (Å²) in [7, 11) is 2.75. The highest BCUT2D eigenvalue weighted by Crippen LogP contribution is 1.92. The molecule has 1 atom stereocenters. The van der Waals surface area contributed by atoms with E-state index in [-0.39, 0.29) is 19.1 Å². The molecule has 0 spiro atoms. The summed E-state index contributed by atoms with van der Waals surface area (Å²) in [4.78, 5) is 35.2. The van der Waals surface area contributed by atoms with Crippen molar-refractivity contribution in [1.29, 1.82) is 0 Å². The maximum absolute atomic E-state index is 11.7. The van der Waals surface area contributed by atoms with Gasteiger partial charge in [0.05, 0.1) is 6.61 Å². The van der Waals surface area contributed by atoms with Crippen molar-refractivity contribution in [2.24, 2.45) is 5.92 Å². The first-order chi connectivity index (χ1) is 9.27. The molecule has 0 heterocycles. The van der Waals surface area contributed by atoms with Gasteiger partial charge in [0.2, 0.25) is 5.91 Å². The standard InChI is InChI=1S/C12H23N3O5/c1-8(2)5-13-10(16)6-15(3)12(19)14-9(7-20-4)11(17)18/h8-9H,5-7H2,1-4H3,(H,13,16)(H,14,19)(H,17,18). The zero-order valence-electron chi connectivity index (χ0n) is 12.3. The van der Waals surface area contributed by atoms with E-state index in [1.807, 2.05) is 13.8 Å². The van der Waals surface area contributed by atoms with E-state index in [1.54, 1.807) is 0 Å². The monoisotopic (exact) mass is 289 g/mol. The van der Waals surface area contributed by atoms with Crippen LogP contribution in [0.5, 0.6) is 0 Å². The second kappa shape index (κ2) is 9.13. The maximum atomic E-state index is 11.7. The fourth-order valence-electron chi connectivity index (χ4n) is 1.26. The lowest BCUT2D eigenvalue weighted by Gasteiger charge is -2.20. The van der Waals surface area contributed by atoms with E-state index in [1.165, 1.54) is 14.2 Å². The third-order valence-corrected chi connectivity index (χ3v) is 2.36. The number of likely N-dealkylation sites (N-methyl/N-ethyl adjacent to an activating group) is 1. The summed E-state index contributed by atoms with van der Waals surface area (Å²) >= 11 is 0. The van der Waals surface area contributed by atoms with Gasteiger partial charge in [-0.2, -0.15) is 0 Å². The number of nitrogens with one attached hydrogen (secondary N) is 2. The molecule has 20 heavy (non-hydrogen) atoms. The molecule has 0 fully saturated rings. The molecule has 0 aromatic rings. The molecule has 0 radical (unpaired) electrons. The molecule has 8 nitrogen and oxygen atoms in total. The highest BCUT2D eigenvalue weighted by molar-refractivity contribution is 5.86. The number of aliphatic carboxylic acids is 1. The summed E-state index contributed by atoms with van der Waals surface area (Å²) in [5.41, 5.74) is 0. The number of carboxylic acid groups (broad SMARTS) is 1. The van der Waals surface area contributed by atoms with Crippen LogP contribution in [0.15, 0.2) is 0 Å². The average molecular weight is 289 g/mol. The molecule has 8 heteroatoms. The first kappa shape index (κ1) is 18.2. The van der Waals surface area contributed by atoms with E-state index >= 15 is 0 Å². The summed E-state index contributed by atoms with van der Waals surface area (Å²) in [5, 5.41) is 13.8. The Kier molecular flexibility index (Phi) is 8.30. The second-order valence-corrected chi connectivity index (χ2v) is 4.85. The summed E-state index contributed by atoms with van der Waals surface area (Å²) in [6.45, 7) is 4.15. The Morgan fingerprint density at radius 2 is 1.90 bits per heavy atom. The topological polar surface area (TPSA) is 108 Å². The summed E-state index contributed by atoms with van der Waals surface area (Å²) in [6.07, 6.45) is 0. The first-order valence-electron chi connectivity index (χ1n) is 6.28. The van der Waals surface area contributed by atoms with Crippen molar-refractivity contribution >= 4 is 17.9 Å². The number of hydrogen-bond donors (Lipinski definition) is 3. The van der Waals surface area contributed by atoms with Gasteiger partial charge >= 0.3 is 12.0 Å². The summed E-state index contributed by atoms with van der Waals surface area (Å²) in [6, 6.07) is -1.79. The molecule has 0 aromatic carbocycles. The van der Waals surface area contributed by atoms with Gasteiger partial charge in [0.15, 0.2) is 6.04 Å². The molecule has 0 rings (SSSR count). The minimum absolute atomic E-state index is 0.141. The van der Waals surface area contributed by atoms with Crippen LogP contribution >= 0.6 is 0 Å². The predicted molar refractivity (Wildman–Crippen MR) is 72.3 cm³/mol. The van der Waals surface area contributed by atoms with E-state index in [4.69, 9.17) is 9.84 Å². The van der Waals surface area contributed by atoms with Gasteiger partial charge in [-0.3, -0.25) is 4.79 Å². The van der Waals surface area contributed by atoms with Gasteiger partial charge in [-0.1, -0.05) is 13.8 Å². The van der Waals surface area contributed by atoms with Gasteiger partial charge in [-0.15, -0.1) is 0 Å². The maximum Gasteiger partial charge on any atom is 0.328 e. The van der Waals surface area contributed by atoms with Crippen molar-refractivity contribution in [3.8, 4) is 0 Å². The van der Waals surface area contributed by atoms with Gasteiger partial charge in [-0.05, 0) is 5.92 Å². The predicted octanol–water partition coefficient (Wildman–Crippen LogP) is -0.500. The van der Waals surface area contributed by atoms with Gasteiger partial charge in [0.1, 0.15) is 6.54 Å². The lowest BCUT2D eigenvalue weighted by molar-refractivity contribution is -0.140. The molecule has 0 saturated carbocycles. The van der Waals surface area contributed by atoms with Crippen molar-refractivity contribution in [2.45, 2.75) is 19.9 Å². The minimum Gasteiger partial charge on any atom is -0.480 e. The molecule has 0 aromatic heterocycles. The summed E-state index contributed by atoms with van der Waals surface area (Å²) < 4.78 is 4.70. The third-order valence-electron chi connectivity index (χ3n) is 2.36. The Morgan fingerprint density at radius 1 is 1.30 bits per heavy atom. The van der Waals surface area contributed by atoms with Crippen LogP contribution in [-0.4, -0.2) is 67.8 Å². The smallest absolute Gasteiger partial charge is 0.328 e. The Hall–Kier alpha value is -1.83. The Morgan fingerprint density at radius 3 is 2.35 bits per heavy atom. The van der Waals surface area contributed by atoms with Gasteiger partial charge < -0.3 is 25.4 Å². The highest BCUT2D eigenvalue weighted by atomic mass is 16.5. The molecule has 3 amide bonds. The van der Waals surface area contributed by atoms with E-state index in [0.717, 1.165) is 4.90 Å². The van der Waals surface area contributed by atoms with Gasteiger partial charge in [0, 0.05) is 20.7 Å². The molecule has 0 aliphatic rings. The van der Waals surface area contributed by atoms with Gasteiger partial charge in [-0.25, -0.2) is 9.59 Å². The number of carbonyl (C=O) groups is 3. The van der Waals surface area contributed by atoms with Crippen molar-refractivity contribution < 1.29 is 24.2 Å². The zero-order chi connectivity index (χ0) is 15.7. The van der Waals surface area contributed by atoms with Crippen molar-refractivity contribution in [1.82, 2.24) is 15.5 Å². The third kappa shape index (κ3) is 7.57. The largest absolute Gasteiger partial charge is 0.480 e. The number of urea groups is 1. The molecule has 116 valence electrons. The number of nitrogens with zero attached hydrogens (tertiary/aromatic N) is 1. The van der Waals surface area contributed by atoms with E-state index in [2.05, 4.69) is 10.6 Å². The zero-order valence-corrected chi connectivity index (χ0v) is 12.3. The lowest BCUT2D eigenvalue weighted by Crippen LogP contribution is -2.50. The van der Waals surface area contributed by atoms with Crippen LogP contribution < -0.4 is 10.6 Å². The van der Waals surface area contributed by atoms with E-state index in [0.29, 0.717) is 12.5 Å². The Balaban J connectivity index is 4.26. The summed E-state index contributed by atoms with van der Waals surface area (Å²) in [5.74, 6) is -1.18. The average Bonchev–Trinajstić information content (AvgIpc) is 2.35. The van der Waals surface area contributed by atoms with Gasteiger partial charge in [0.25, 0.3) is 0 Å². The number of carbonyl (C=O) groups excluding carboxylic acids is 2. The molecular formula is C12H23N3O5. The molecule has 0 bridgehead atoms. The number of rotatable bonds is 8. The van der Waals surface area contributed by atoms with Crippen LogP contribution in [0.4, 0.5) is 4.79 Å². The minimum atomic E-state index is -1.20. The molecule has 0 aliphatic heterocycles. The fraction of sp³-hybridized carbons (Fsp3) is 0.750. The molecular weight excluding hydrogens is 266 g/mol. The second-order valence-electron chi connectivity index (χ2n) is 4.85. The number of hydrogen-bond acceptors (Lipinski definition) is 4. The number of methoxy groups -OCH3 is 1. The molecule has 0 aliphatic carbocycles. The van der Waals surface area contributed by atoms with E-state index < -0.39 is 18.0 Å². The van der Waals surface area contributed by atoms with Crippen molar-refractivity contribution in [2.75, 3.05) is 33.9 Å². The van der Waals surface area contributed by atoms with Crippen LogP contribution in [0.25, 0.3) is 0 Å². The SMILES string of the molecule is COCC(NC(=O)N(C)CC(=O)NCC(C)C)C(=O)O. The number of amides is 3. The van der Waals surface area contributed by atoms with Crippen LogP contribution in [0.1, 0.15) is 13.8 Å². The number of ether oxygens (including phenoxy) is 1. The first-order valence-corrected chi connectivity index (χ1v) is 6.28. The molecule has 0 saturated heterocycles. The Bertz CT molecular complexity index is 346. The van der Waals surface area contributed by atoms with Crippen LogP contribution in [0.3, 0.4) is 0 Å². The van der Waals surface area contributed by atoms with Crippen molar-refractivity contribution in [3.63, 3.8) is 0 Å². The fourth-order valence-corrected chi connectivity index (χ4v) is 1.26. The number of carboxylic acids is 1. The van der Waals surface area contributed by atoms with Crippen LogP contribution in [0.2, 0.25) is 0 Å². The van der Waals surface area contributed by atoms with E-state index in [9.17, 15) is 14.4 Å². The van der Waals surface area contributed by atoms with Crippen LogP contribution in [-0.2, 0) is 14.3 Å². The Labute approximate surface area is 118 Å². The normalized spacial score (nSPS) is 11.8. The molecule has 3 N–H and O–H groups in total. The quantitative estimate of drug-likeness (QED) is 0.558. The highest BCUT2D eigenvalue weighted by Gasteiger charge is 2.22. The molecule has 1 unspecified atom stereocenters. The lowest BCUT2D eigenvalue weighted by atomic mass is 10.2.